The maximum absolute atomic E-state index is 5.98. The third kappa shape index (κ3) is 2.71. The summed E-state index contributed by atoms with van der Waals surface area (Å²) in [6, 6.07) is 11.5. The standard InChI is InChI=1S/C15H13Cl2N3S/c1-15(10-3-5-11(16)6-4-10)13(19-14(21)20-15)9-2-7-12(17)18-8-9/h2-8,13H,1H3,(H2,19,20,21). The van der Waals surface area contributed by atoms with E-state index >= 15 is 0 Å². The van der Waals surface area contributed by atoms with E-state index in [1.54, 1.807) is 12.3 Å². The summed E-state index contributed by atoms with van der Waals surface area (Å²) >= 11 is 17.1. The van der Waals surface area contributed by atoms with Gasteiger partial charge in [-0.05, 0) is 48.5 Å². The van der Waals surface area contributed by atoms with Gasteiger partial charge in [0.1, 0.15) is 5.15 Å². The van der Waals surface area contributed by atoms with Crippen molar-refractivity contribution in [2.75, 3.05) is 0 Å². The smallest absolute Gasteiger partial charge is 0.167 e. The first-order valence-corrected chi connectivity index (χ1v) is 7.61. The summed E-state index contributed by atoms with van der Waals surface area (Å²) in [5.41, 5.74) is 1.74. The molecule has 0 aliphatic carbocycles. The lowest BCUT2D eigenvalue weighted by molar-refractivity contribution is 0.378. The number of pyridine rings is 1. The van der Waals surface area contributed by atoms with E-state index in [4.69, 9.17) is 35.4 Å². The van der Waals surface area contributed by atoms with Gasteiger partial charge in [-0.2, -0.15) is 0 Å². The monoisotopic (exact) mass is 337 g/mol. The molecule has 2 aromatic rings. The van der Waals surface area contributed by atoms with E-state index in [9.17, 15) is 0 Å². The van der Waals surface area contributed by atoms with Crippen molar-refractivity contribution in [1.29, 1.82) is 0 Å². The lowest BCUT2D eigenvalue weighted by Crippen LogP contribution is -2.39. The molecule has 2 heterocycles. The number of hydrogen-bond donors (Lipinski definition) is 2. The molecule has 1 aliphatic heterocycles. The van der Waals surface area contributed by atoms with Gasteiger partial charge in [-0.3, -0.25) is 0 Å². The van der Waals surface area contributed by atoms with Crippen LogP contribution in [-0.2, 0) is 5.54 Å². The van der Waals surface area contributed by atoms with Gasteiger partial charge in [0.25, 0.3) is 0 Å². The molecule has 1 aromatic carbocycles. The summed E-state index contributed by atoms with van der Waals surface area (Å²) in [4.78, 5) is 4.16. The molecular weight excluding hydrogens is 325 g/mol. The zero-order chi connectivity index (χ0) is 15.0. The van der Waals surface area contributed by atoms with Crippen LogP contribution < -0.4 is 10.6 Å². The predicted molar refractivity (Wildman–Crippen MR) is 89.7 cm³/mol. The van der Waals surface area contributed by atoms with E-state index < -0.39 is 0 Å². The van der Waals surface area contributed by atoms with Crippen LogP contribution in [0.4, 0.5) is 0 Å². The molecule has 1 fully saturated rings. The highest BCUT2D eigenvalue weighted by molar-refractivity contribution is 7.80. The van der Waals surface area contributed by atoms with Crippen LogP contribution in [0.2, 0.25) is 10.2 Å². The number of benzene rings is 1. The van der Waals surface area contributed by atoms with Gasteiger partial charge in [0.05, 0.1) is 11.6 Å². The molecule has 21 heavy (non-hydrogen) atoms. The molecule has 0 saturated carbocycles. The van der Waals surface area contributed by atoms with Crippen LogP contribution >= 0.6 is 35.4 Å². The van der Waals surface area contributed by atoms with E-state index in [1.807, 2.05) is 30.3 Å². The highest BCUT2D eigenvalue weighted by Gasteiger charge is 2.43. The van der Waals surface area contributed by atoms with Crippen LogP contribution in [0.25, 0.3) is 0 Å². The third-order valence-electron chi connectivity index (χ3n) is 3.75. The lowest BCUT2D eigenvalue weighted by atomic mass is 9.83. The van der Waals surface area contributed by atoms with E-state index in [-0.39, 0.29) is 11.6 Å². The van der Waals surface area contributed by atoms with E-state index in [0.29, 0.717) is 15.3 Å². The second-order valence-corrected chi connectivity index (χ2v) is 6.39. The molecule has 1 aliphatic rings. The van der Waals surface area contributed by atoms with Crippen LogP contribution in [0.5, 0.6) is 0 Å². The number of rotatable bonds is 2. The summed E-state index contributed by atoms with van der Waals surface area (Å²) in [7, 11) is 0. The molecule has 1 saturated heterocycles. The predicted octanol–water partition coefficient (Wildman–Crippen LogP) is 3.82. The van der Waals surface area contributed by atoms with Crippen LogP contribution in [0, 0.1) is 0 Å². The Labute approximate surface area is 138 Å². The average Bonchev–Trinajstić information content (AvgIpc) is 2.76. The van der Waals surface area contributed by atoms with Crippen LogP contribution in [0.15, 0.2) is 42.6 Å². The summed E-state index contributed by atoms with van der Waals surface area (Å²) in [6.07, 6.45) is 1.77. The third-order valence-corrected chi connectivity index (χ3v) is 4.45. The van der Waals surface area contributed by atoms with Crippen molar-refractivity contribution in [1.82, 2.24) is 15.6 Å². The Balaban J connectivity index is 2.04. The molecule has 3 rings (SSSR count). The Morgan fingerprint density at radius 1 is 1.14 bits per heavy atom. The molecule has 2 unspecified atom stereocenters. The molecule has 108 valence electrons. The highest BCUT2D eigenvalue weighted by atomic mass is 35.5. The lowest BCUT2D eigenvalue weighted by Gasteiger charge is -2.31. The fraction of sp³-hybridized carbons (Fsp3) is 0.200. The van der Waals surface area contributed by atoms with Gasteiger partial charge in [-0.15, -0.1) is 0 Å². The summed E-state index contributed by atoms with van der Waals surface area (Å²) in [5, 5.41) is 8.44. The molecule has 2 N–H and O–H groups in total. The quantitative estimate of drug-likeness (QED) is 0.645. The molecule has 0 bridgehead atoms. The topological polar surface area (TPSA) is 37.0 Å². The number of hydrogen-bond acceptors (Lipinski definition) is 2. The van der Waals surface area contributed by atoms with E-state index in [2.05, 4.69) is 22.5 Å². The van der Waals surface area contributed by atoms with Crippen molar-refractivity contribution < 1.29 is 0 Å². The number of nitrogens with one attached hydrogen (secondary N) is 2. The highest BCUT2D eigenvalue weighted by Crippen LogP contribution is 2.38. The average molecular weight is 338 g/mol. The fourth-order valence-electron chi connectivity index (χ4n) is 2.63. The SMILES string of the molecule is CC1(c2ccc(Cl)cc2)NC(=S)NC1c1ccc(Cl)nc1. The second-order valence-electron chi connectivity index (χ2n) is 5.15. The molecule has 6 heteroatoms. The Hall–Kier alpha value is -1.36. The molecule has 3 nitrogen and oxygen atoms in total. The second kappa shape index (κ2) is 5.44. The number of thiocarbonyl (C=S) groups is 1. The normalized spacial score (nSPS) is 24.5. The van der Waals surface area contributed by atoms with Gasteiger partial charge in [0, 0.05) is 11.2 Å². The molecule has 0 amide bonds. The Morgan fingerprint density at radius 3 is 2.48 bits per heavy atom. The Kier molecular flexibility index (Phi) is 3.78. The maximum atomic E-state index is 5.98. The molecule has 0 spiro atoms. The maximum Gasteiger partial charge on any atom is 0.167 e. The molecule has 1 aromatic heterocycles. The Bertz CT molecular complexity index is 672. The zero-order valence-electron chi connectivity index (χ0n) is 11.2. The summed E-state index contributed by atoms with van der Waals surface area (Å²) in [5.74, 6) is 0. The molecule has 0 radical (unpaired) electrons. The van der Waals surface area contributed by atoms with Crippen molar-refractivity contribution >= 4 is 40.5 Å². The van der Waals surface area contributed by atoms with Crippen LogP contribution in [-0.4, -0.2) is 10.1 Å². The van der Waals surface area contributed by atoms with Gasteiger partial charge < -0.3 is 10.6 Å². The first-order valence-electron chi connectivity index (χ1n) is 6.45. The minimum absolute atomic E-state index is 0.0315. The molecular formula is C15H13Cl2N3S. The Morgan fingerprint density at radius 2 is 1.86 bits per heavy atom. The van der Waals surface area contributed by atoms with Crippen molar-refractivity contribution in [3.8, 4) is 0 Å². The number of nitrogens with zero attached hydrogens (tertiary/aromatic N) is 1. The van der Waals surface area contributed by atoms with Crippen LogP contribution in [0.1, 0.15) is 24.1 Å². The minimum Gasteiger partial charge on any atom is -0.353 e. The first kappa shape index (κ1) is 14.6. The largest absolute Gasteiger partial charge is 0.353 e. The van der Waals surface area contributed by atoms with Gasteiger partial charge >= 0.3 is 0 Å². The number of halogens is 2. The van der Waals surface area contributed by atoms with Gasteiger partial charge in [-0.25, -0.2) is 4.98 Å². The fourth-order valence-corrected chi connectivity index (χ4v) is 3.20. The molecule has 2 atom stereocenters. The summed E-state index contributed by atoms with van der Waals surface area (Å²) in [6.45, 7) is 2.10. The van der Waals surface area contributed by atoms with Crippen LogP contribution in [0.3, 0.4) is 0 Å². The van der Waals surface area contributed by atoms with Crippen molar-refractivity contribution in [3.05, 3.63) is 63.9 Å². The van der Waals surface area contributed by atoms with Gasteiger partial charge in [0.2, 0.25) is 0 Å². The van der Waals surface area contributed by atoms with E-state index in [0.717, 1.165) is 11.1 Å². The van der Waals surface area contributed by atoms with E-state index in [1.165, 1.54) is 0 Å². The minimum atomic E-state index is -0.378. The zero-order valence-corrected chi connectivity index (χ0v) is 13.6. The summed E-state index contributed by atoms with van der Waals surface area (Å²) < 4.78 is 0. The number of aromatic nitrogens is 1. The van der Waals surface area contributed by atoms with Gasteiger partial charge in [-0.1, -0.05) is 41.4 Å². The van der Waals surface area contributed by atoms with Crippen molar-refractivity contribution in [2.45, 2.75) is 18.5 Å². The first-order chi connectivity index (χ1) is 9.99. The van der Waals surface area contributed by atoms with Gasteiger partial charge in [0.15, 0.2) is 5.11 Å². The van der Waals surface area contributed by atoms with Crippen molar-refractivity contribution in [3.63, 3.8) is 0 Å². The van der Waals surface area contributed by atoms with Crippen molar-refractivity contribution in [2.24, 2.45) is 0 Å².